The number of anilines is 1. The molecule has 0 unspecified atom stereocenters. The van der Waals surface area contributed by atoms with E-state index in [1.54, 1.807) is 4.90 Å². The van der Waals surface area contributed by atoms with Crippen LogP contribution in [0.25, 0.3) is 0 Å². The maximum atomic E-state index is 13.7. The van der Waals surface area contributed by atoms with Crippen LogP contribution in [0.5, 0.6) is 0 Å². The summed E-state index contributed by atoms with van der Waals surface area (Å²) in [5.41, 5.74) is 6.70. The van der Waals surface area contributed by atoms with E-state index < -0.39 is 0 Å². The molecule has 0 spiro atoms. The summed E-state index contributed by atoms with van der Waals surface area (Å²) in [5.74, 6) is -0.0402. The lowest BCUT2D eigenvalue weighted by Gasteiger charge is -2.36. The van der Waals surface area contributed by atoms with Crippen molar-refractivity contribution in [3.05, 3.63) is 130 Å². The number of nitrogens with one attached hydrogen (secondary N) is 2. The van der Waals surface area contributed by atoms with Crippen LogP contribution < -0.4 is 14.7 Å². The van der Waals surface area contributed by atoms with Crippen LogP contribution in [-0.2, 0) is 4.79 Å². The summed E-state index contributed by atoms with van der Waals surface area (Å²) in [4.78, 5) is 23.3. The SMILES string of the molecule is Cc1ccc(N=C2C(=O)N(C[NH+]3CC[NH+](C(c4ccccc4)c4ccccc4)CC3)c3ccccc32)cc1Cl. The number of aliphatic imine (C=N–C) groups is 1. The third kappa shape index (κ3) is 5.26. The van der Waals surface area contributed by atoms with Gasteiger partial charge in [-0.2, -0.15) is 0 Å². The van der Waals surface area contributed by atoms with Gasteiger partial charge in [-0.3, -0.25) is 9.69 Å². The Bertz CT molecular complexity index is 1460. The third-order valence-electron chi connectivity index (χ3n) is 7.95. The van der Waals surface area contributed by atoms with Crippen molar-refractivity contribution in [3.8, 4) is 0 Å². The van der Waals surface area contributed by atoms with Gasteiger partial charge in [-0.05, 0) is 30.7 Å². The van der Waals surface area contributed by atoms with Crippen LogP contribution in [0, 0.1) is 6.92 Å². The topological polar surface area (TPSA) is 41.5 Å². The molecule has 4 aromatic carbocycles. The molecular weight excluding hydrogens is 504 g/mol. The number of amides is 1. The van der Waals surface area contributed by atoms with E-state index in [2.05, 4.69) is 60.7 Å². The zero-order valence-corrected chi connectivity index (χ0v) is 22.9. The third-order valence-corrected chi connectivity index (χ3v) is 8.36. The second kappa shape index (κ2) is 11.1. The van der Waals surface area contributed by atoms with E-state index >= 15 is 0 Å². The van der Waals surface area contributed by atoms with Gasteiger partial charge in [0.2, 0.25) is 0 Å². The number of carbonyl (C=O) groups excluding carboxylic acids is 1. The highest BCUT2D eigenvalue weighted by molar-refractivity contribution is 6.54. The fraction of sp³-hybridized carbons (Fsp3) is 0.212. The average molecular weight is 537 g/mol. The summed E-state index contributed by atoms with van der Waals surface area (Å²) in [5, 5.41) is 0.654. The zero-order valence-electron chi connectivity index (χ0n) is 22.1. The van der Waals surface area contributed by atoms with Gasteiger partial charge in [-0.25, -0.2) is 4.99 Å². The highest BCUT2D eigenvalue weighted by Gasteiger charge is 2.38. The number of rotatable bonds is 6. The number of quaternary nitrogens is 2. The van der Waals surface area contributed by atoms with E-state index in [-0.39, 0.29) is 5.91 Å². The molecule has 2 aliphatic rings. The first-order valence-electron chi connectivity index (χ1n) is 13.6. The van der Waals surface area contributed by atoms with Crippen LogP contribution >= 0.6 is 11.6 Å². The molecule has 196 valence electrons. The fourth-order valence-electron chi connectivity index (χ4n) is 5.86. The molecule has 1 fully saturated rings. The highest BCUT2D eigenvalue weighted by atomic mass is 35.5. The summed E-state index contributed by atoms with van der Waals surface area (Å²) < 4.78 is 0. The van der Waals surface area contributed by atoms with Crippen molar-refractivity contribution >= 4 is 34.6 Å². The summed E-state index contributed by atoms with van der Waals surface area (Å²) in [7, 11) is 0. The molecule has 1 saturated heterocycles. The number of nitrogens with zero attached hydrogens (tertiary/aromatic N) is 2. The van der Waals surface area contributed by atoms with Crippen molar-refractivity contribution in [3.63, 3.8) is 0 Å². The number of hydrogen-bond donors (Lipinski definition) is 2. The molecule has 0 aromatic heterocycles. The number of para-hydroxylation sites is 1. The normalized spacial score (nSPS) is 20.0. The van der Waals surface area contributed by atoms with Crippen LogP contribution in [0.4, 0.5) is 11.4 Å². The quantitative estimate of drug-likeness (QED) is 0.388. The van der Waals surface area contributed by atoms with Gasteiger partial charge in [0, 0.05) is 21.7 Å². The Morgan fingerprint density at radius 1 is 0.821 bits per heavy atom. The van der Waals surface area contributed by atoms with E-state index in [4.69, 9.17) is 16.6 Å². The molecular formula is C33H33ClN4O+2. The number of benzene rings is 4. The second-order valence-corrected chi connectivity index (χ2v) is 10.9. The number of halogens is 1. The number of aryl methyl sites for hydroxylation is 1. The largest absolute Gasteiger partial charge is 0.316 e. The van der Waals surface area contributed by atoms with E-state index in [0.717, 1.165) is 43.0 Å². The predicted molar refractivity (Wildman–Crippen MR) is 157 cm³/mol. The minimum absolute atomic E-state index is 0.0402. The monoisotopic (exact) mass is 536 g/mol. The van der Waals surface area contributed by atoms with Gasteiger partial charge >= 0.3 is 0 Å². The Labute approximate surface area is 235 Å². The van der Waals surface area contributed by atoms with Gasteiger partial charge in [0.05, 0.1) is 11.4 Å². The van der Waals surface area contributed by atoms with Gasteiger partial charge in [-0.1, -0.05) is 96.5 Å². The van der Waals surface area contributed by atoms with Gasteiger partial charge < -0.3 is 9.80 Å². The van der Waals surface area contributed by atoms with Crippen molar-refractivity contribution in [2.45, 2.75) is 13.0 Å². The van der Waals surface area contributed by atoms with Crippen molar-refractivity contribution < 1.29 is 14.6 Å². The first-order chi connectivity index (χ1) is 19.1. The number of piperazine rings is 1. The molecule has 39 heavy (non-hydrogen) atoms. The Morgan fingerprint density at radius 3 is 2.08 bits per heavy atom. The van der Waals surface area contributed by atoms with E-state index in [1.165, 1.54) is 16.0 Å². The Kier molecular flexibility index (Phi) is 7.29. The number of carbonyl (C=O) groups is 1. The van der Waals surface area contributed by atoms with Crippen LogP contribution in [0.1, 0.15) is 28.3 Å². The Balaban J connectivity index is 1.20. The Hall–Kier alpha value is -3.77. The van der Waals surface area contributed by atoms with Gasteiger partial charge in [0.25, 0.3) is 5.91 Å². The van der Waals surface area contributed by atoms with Crippen LogP contribution in [0.2, 0.25) is 5.02 Å². The van der Waals surface area contributed by atoms with Crippen LogP contribution in [0.15, 0.2) is 108 Å². The fourth-order valence-corrected chi connectivity index (χ4v) is 6.03. The summed E-state index contributed by atoms with van der Waals surface area (Å²) >= 11 is 6.34. The molecule has 0 atom stereocenters. The minimum Gasteiger partial charge on any atom is -0.316 e. The standard InChI is InChI=1S/C33H31ClN4O/c1-24-16-17-27(22-29(24)34)35-31-28-14-8-9-15-30(28)38(33(31)39)23-36-18-20-37(21-19-36)32(25-10-4-2-5-11-25)26-12-6-3-7-13-26/h2-17,22,32H,18-21,23H2,1H3/p+2. The molecule has 0 radical (unpaired) electrons. The molecule has 5 nitrogen and oxygen atoms in total. The van der Waals surface area contributed by atoms with Gasteiger partial charge in [0.15, 0.2) is 6.67 Å². The smallest absolute Gasteiger partial charge is 0.281 e. The minimum atomic E-state index is -0.0402. The number of fused-ring (bicyclic) bond motifs is 1. The molecule has 0 saturated carbocycles. The lowest BCUT2D eigenvalue weighted by Crippen LogP contribution is -3.28. The molecule has 2 heterocycles. The van der Waals surface area contributed by atoms with Crippen LogP contribution in [-0.4, -0.2) is 44.5 Å². The van der Waals surface area contributed by atoms with Crippen molar-refractivity contribution in [2.24, 2.45) is 4.99 Å². The van der Waals surface area contributed by atoms with Crippen molar-refractivity contribution in [1.82, 2.24) is 0 Å². The lowest BCUT2D eigenvalue weighted by atomic mass is 9.96. The van der Waals surface area contributed by atoms with E-state index in [9.17, 15) is 4.79 Å². The maximum absolute atomic E-state index is 13.7. The molecule has 4 aromatic rings. The zero-order chi connectivity index (χ0) is 26.8. The molecule has 0 aliphatic carbocycles. The van der Waals surface area contributed by atoms with Gasteiger partial charge in [0.1, 0.15) is 37.9 Å². The Morgan fingerprint density at radius 2 is 1.44 bits per heavy atom. The first kappa shape index (κ1) is 25.5. The second-order valence-electron chi connectivity index (χ2n) is 10.5. The summed E-state index contributed by atoms with van der Waals surface area (Å²) in [6.45, 7) is 6.67. The lowest BCUT2D eigenvalue weighted by molar-refractivity contribution is -1.02. The molecule has 6 heteroatoms. The molecule has 6 rings (SSSR count). The van der Waals surface area contributed by atoms with Gasteiger partial charge in [-0.15, -0.1) is 0 Å². The molecule has 2 N–H and O–H groups in total. The molecule has 2 aliphatic heterocycles. The maximum Gasteiger partial charge on any atom is 0.281 e. The van der Waals surface area contributed by atoms with Crippen molar-refractivity contribution in [2.75, 3.05) is 37.7 Å². The molecule has 0 bridgehead atoms. The average Bonchev–Trinajstić information content (AvgIpc) is 3.23. The van der Waals surface area contributed by atoms with Crippen molar-refractivity contribution in [1.29, 1.82) is 0 Å². The summed E-state index contributed by atoms with van der Waals surface area (Å²) in [6, 6.07) is 35.6. The molecule has 1 amide bonds. The van der Waals surface area contributed by atoms with Crippen LogP contribution in [0.3, 0.4) is 0 Å². The summed E-state index contributed by atoms with van der Waals surface area (Å²) in [6.07, 6.45) is 0. The predicted octanol–water partition coefficient (Wildman–Crippen LogP) is 3.65. The van der Waals surface area contributed by atoms with E-state index in [0.29, 0.717) is 29.1 Å². The van der Waals surface area contributed by atoms with E-state index in [1.807, 2.05) is 54.3 Å². The highest BCUT2D eigenvalue weighted by Crippen LogP contribution is 2.31. The number of hydrogen-bond acceptors (Lipinski definition) is 2. The first-order valence-corrected chi connectivity index (χ1v) is 14.0.